The summed E-state index contributed by atoms with van der Waals surface area (Å²) >= 11 is 3.35. The van der Waals surface area contributed by atoms with Gasteiger partial charge in [0.2, 0.25) is 0 Å². The van der Waals surface area contributed by atoms with Crippen LogP contribution in [-0.2, 0) is 0 Å². The van der Waals surface area contributed by atoms with E-state index in [1.807, 2.05) is 11.1 Å². The van der Waals surface area contributed by atoms with E-state index < -0.39 is 0 Å². The molecule has 0 aromatic heterocycles. The first-order chi connectivity index (χ1) is 10.7. The molecule has 0 atom stereocenters. The molecule has 0 bridgehead atoms. The normalized spacial score (nSPS) is 15.5. The van der Waals surface area contributed by atoms with Crippen molar-refractivity contribution in [3.8, 4) is 0 Å². The molecule has 1 heterocycles. The SMILES string of the molecule is Fc1ccc(Br)cc1C=NN1CCN(c2ccccc2)CC1. The Labute approximate surface area is 138 Å². The molecule has 22 heavy (non-hydrogen) atoms. The van der Waals surface area contributed by atoms with Crippen molar-refractivity contribution < 1.29 is 4.39 Å². The highest BCUT2D eigenvalue weighted by Crippen LogP contribution is 2.16. The fourth-order valence-electron chi connectivity index (χ4n) is 2.47. The number of hydrazone groups is 1. The molecule has 1 aliphatic heterocycles. The molecular weight excluding hydrogens is 345 g/mol. The Balaban J connectivity index is 1.60. The van der Waals surface area contributed by atoms with Gasteiger partial charge in [-0.1, -0.05) is 34.1 Å². The topological polar surface area (TPSA) is 18.8 Å². The Bertz CT molecular complexity index is 652. The predicted molar refractivity (Wildman–Crippen MR) is 91.9 cm³/mol. The summed E-state index contributed by atoms with van der Waals surface area (Å²) in [6.45, 7) is 3.51. The van der Waals surface area contributed by atoms with Crippen LogP contribution in [0.4, 0.5) is 10.1 Å². The van der Waals surface area contributed by atoms with E-state index in [2.05, 4.69) is 50.2 Å². The minimum atomic E-state index is -0.255. The zero-order valence-electron chi connectivity index (χ0n) is 12.1. The van der Waals surface area contributed by atoms with Gasteiger partial charge in [0.1, 0.15) is 5.82 Å². The first kappa shape index (κ1) is 15.0. The largest absolute Gasteiger partial charge is 0.368 e. The van der Waals surface area contributed by atoms with Crippen LogP contribution in [-0.4, -0.2) is 37.4 Å². The number of anilines is 1. The molecule has 1 aliphatic rings. The van der Waals surface area contributed by atoms with Gasteiger partial charge in [0, 0.05) is 28.8 Å². The highest BCUT2D eigenvalue weighted by atomic mass is 79.9. The second-order valence-corrected chi connectivity index (χ2v) is 6.10. The van der Waals surface area contributed by atoms with E-state index in [-0.39, 0.29) is 5.82 Å². The molecule has 0 N–H and O–H groups in total. The van der Waals surface area contributed by atoms with E-state index in [0.29, 0.717) is 5.56 Å². The molecule has 2 aromatic rings. The number of para-hydroxylation sites is 1. The van der Waals surface area contributed by atoms with Crippen LogP contribution in [0.25, 0.3) is 0 Å². The summed E-state index contributed by atoms with van der Waals surface area (Å²) in [5.41, 5.74) is 1.74. The fraction of sp³-hybridized carbons (Fsp3) is 0.235. The summed E-state index contributed by atoms with van der Waals surface area (Å²) in [6, 6.07) is 15.2. The average Bonchev–Trinajstić information content (AvgIpc) is 2.57. The zero-order chi connectivity index (χ0) is 15.4. The maximum Gasteiger partial charge on any atom is 0.132 e. The summed E-state index contributed by atoms with van der Waals surface area (Å²) in [4.78, 5) is 2.34. The molecule has 114 valence electrons. The van der Waals surface area contributed by atoms with Crippen molar-refractivity contribution in [2.45, 2.75) is 0 Å². The monoisotopic (exact) mass is 361 g/mol. The molecule has 0 unspecified atom stereocenters. The first-order valence-corrected chi connectivity index (χ1v) is 8.06. The van der Waals surface area contributed by atoms with Crippen LogP contribution in [0.3, 0.4) is 0 Å². The van der Waals surface area contributed by atoms with E-state index in [1.54, 1.807) is 18.3 Å². The summed E-state index contributed by atoms with van der Waals surface area (Å²) < 4.78 is 14.5. The van der Waals surface area contributed by atoms with Gasteiger partial charge in [-0.2, -0.15) is 5.10 Å². The molecule has 2 aromatic carbocycles. The second kappa shape index (κ2) is 6.92. The smallest absolute Gasteiger partial charge is 0.132 e. The molecule has 0 amide bonds. The number of benzene rings is 2. The standard InChI is InChI=1S/C17H17BrFN3/c18-15-6-7-17(19)14(12-15)13-20-22-10-8-21(9-11-22)16-4-2-1-3-5-16/h1-7,12-13H,8-11H2. The summed E-state index contributed by atoms with van der Waals surface area (Å²) in [7, 11) is 0. The highest BCUT2D eigenvalue weighted by molar-refractivity contribution is 9.10. The number of nitrogens with zero attached hydrogens (tertiary/aromatic N) is 3. The van der Waals surface area contributed by atoms with E-state index >= 15 is 0 Å². The Kier molecular flexibility index (Phi) is 4.73. The van der Waals surface area contributed by atoms with Crippen LogP contribution < -0.4 is 4.90 Å². The lowest BCUT2D eigenvalue weighted by Crippen LogP contribution is -2.44. The van der Waals surface area contributed by atoms with Crippen molar-refractivity contribution in [3.05, 3.63) is 64.4 Å². The second-order valence-electron chi connectivity index (χ2n) is 5.19. The molecule has 3 rings (SSSR count). The van der Waals surface area contributed by atoms with Crippen molar-refractivity contribution in [1.82, 2.24) is 5.01 Å². The Hall–Kier alpha value is -1.88. The molecule has 0 radical (unpaired) electrons. The van der Waals surface area contributed by atoms with Crippen molar-refractivity contribution >= 4 is 27.8 Å². The number of piperazine rings is 1. The van der Waals surface area contributed by atoms with Gasteiger partial charge in [-0.15, -0.1) is 0 Å². The van der Waals surface area contributed by atoms with Crippen LogP contribution in [0.15, 0.2) is 58.1 Å². The van der Waals surface area contributed by atoms with Crippen molar-refractivity contribution in [1.29, 1.82) is 0 Å². The third-order valence-corrected chi connectivity index (χ3v) is 4.19. The lowest BCUT2D eigenvalue weighted by atomic mass is 10.2. The van der Waals surface area contributed by atoms with Crippen molar-refractivity contribution in [2.24, 2.45) is 5.10 Å². The average molecular weight is 362 g/mol. The lowest BCUT2D eigenvalue weighted by Gasteiger charge is -2.34. The summed E-state index contributed by atoms with van der Waals surface area (Å²) in [6.07, 6.45) is 1.60. The van der Waals surface area contributed by atoms with Gasteiger partial charge in [0.25, 0.3) is 0 Å². The number of hydrogen-bond donors (Lipinski definition) is 0. The summed E-state index contributed by atoms with van der Waals surface area (Å²) in [5, 5.41) is 6.39. The zero-order valence-corrected chi connectivity index (χ0v) is 13.7. The third-order valence-electron chi connectivity index (χ3n) is 3.70. The molecule has 1 saturated heterocycles. The maximum absolute atomic E-state index is 13.7. The van der Waals surface area contributed by atoms with Gasteiger partial charge >= 0.3 is 0 Å². The Morgan fingerprint density at radius 1 is 1.00 bits per heavy atom. The van der Waals surface area contributed by atoms with Gasteiger partial charge in [-0.3, -0.25) is 5.01 Å². The molecule has 0 saturated carbocycles. The fourth-order valence-corrected chi connectivity index (χ4v) is 2.84. The summed E-state index contributed by atoms with van der Waals surface area (Å²) in [5.74, 6) is -0.255. The first-order valence-electron chi connectivity index (χ1n) is 7.26. The van der Waals surface area contributed by atoms with E-state index in [9.17, 15) is 4.39 Å². The van der Waals surface area contributed by atoms with E-state index in [0.717, 1.165) is 30.7 Å². The number of rotatable bonds is 3. The minimum Gasteiger partial charge on any atom is -0.368 e. The van der Waals surface area contributed by atoms with Crippen LogP contribution in [0.2, 0.25) is 0 Å². The third kappa shape index (κ3) is 3.65. The van der Waals surface area contributed by atoms with E-state index in [1.165, 1.54) is 11.8 Å². The molecular formula is C17H17BrFN3. The van der Waals surface area contributed by atoms with Crippen molar-refractivity contribution in [3.63, 3.8) is 0 Å². The van der Waals surface area contributed by atoms with Gasteiger partial charge in [0.15, 0.2) is 0 Å². The van der Waals surface area contributed by atoms with E-state index in [4.69, 9.17) is 0 Å². The molecule has 1 fully saturated rings. The Morgan fingerprint density at radius 3 is 2.45 bits per heavy atom. The van der Waals surface area contributed by atoms with Crippen molar-refractivity contribution in [2.75, 3.05) is 31.1 Å². The molecule has 3 nitrogen and oxygen atoms in total. The van der Waals surface area contributed by atoms with Gasteiger partial charge in [-0.05, 0) is 30.3 Å². The number of halogens is 2. The number of hydrogen-bond acceptors (Lipinski definition) is 3. The van der Waals surface area contributed by atoms with Crippen LogP contribution >= 0.6 is 15.9 Å². The minimum absolute atomic E-state index is 0.255. The Morgan fingerprint density at radius 2 is 1.73 bits per heavy atom. The lowest BCUT2D eigenvalue weighted by molar-refractivity contribution is 0.272. The molecule has 0 aliphatic carbocycles. The van der Waals surface area contributed by atoms with Crippen LogP contribution in [0, 0.1) is 5.82 Å². The molecule has 0 spiro atoms. The quantitative estimate of drug-likeness (QED) is 0.775. The van der Waals surface area contributed by atoms with Gasteiger partial charge < -0.3 is 4.90 Å². The van der Waals surface area contributed by atoms with Gasteiger partial charge in [-0.25, -0.2) is 4.39 Å². The van der Waals surface area contributed by atoms with Crippen LogP contribution in [0.5, 0.6) is 0 Å². The predicted octanol–water partition coefficient (Wildman–Crippen LogP) is 3.74. The highest BCUT2D eigenvalue weighted by Gasteiger charge is 2.15. The van der Waals surface area contributed by atoms with Gasteiger partial charge in [0.05, 0.1) is 19.3 Å². The maximum atomic E-state index is 13.7. The van der Waals surface area contributed by atoms with Crippen LogP contribution in [0.1, 0.15) is 5.56 Å². The molecule has 5 heteroatoms.